The zero-order valence-corrected chi connectivity index (χ0v) is 8.97. The van der Waals surface area contributed by atoms with Crippen LogP contribution in [0.15, 0.2) is 29.2 Å². The summed E-state index contributed by atoms with van der Waals surface area (Å²) in [6.07, 6.45) is 0. The minimum absolute atomic E-state index is 0. The molecule has 2 nitrogen and oxygen atoms in total. The summed E-state index contributed by atoms with van der Waals surface area (Å²) in [5, 5.41) is 0. The van der Waals surface area contributed by atoms with Crippen LogP contribution in [0, 0.1) is 0 Å². The van der Waals surface area contributed by atoms with E-state index < -0.39 is 10.7 Å². The molecule has 0 aliphatic heterocycles. The molecule has 0 aliphatic rings. The normalized spacial score (nSPS) is 11.1. The molecule has 0 saturated heterocycles. The van der Waals surface area contributed by atoms with Crippen LogP contribution < -0.4 is 0 Å². The van der Waals surface area contributed by atoms with Crippen LogP contribution in [0.1, 0.15) is 26.3 Å². The Morgan fingerprint density at radius 1 is 1.00 bits per heavy atom. The predicted molar refractivity (Wildman–Crippen MR) is 60.9 cm³/mol. The van der Waals surface area contributed by atoms with E-state index in [1.165, 1.54) is 0 Å². The zero-order valence-electron chi connectivity index (χ0n) is 8.07. The SMILES string of the molecule is CC(C)(C)c1ccc([SH](=O)=O)cc1.[NaH]. The van der Waals surface area contributed by atoms with Gasteiger partial charge in [0, 0.05) is 0 Å². The van der Waals surface area contributed by atoms with E-state index in [0.29, 0.717) is 4.90 Å². The average molecular weight is 222 g/mol. The van der Waals surface area contributed by atoms with E-state index in [0.717, 1.165) is 5.56 Å². The monoisotopic (exact) mass is 222 g/mol. The maximum absolute atomic E-state index is 10.6. The second-order valence-corrected chi connectivity index (χ2v) is 5.08. The molecule has 0 amide bonds. The Morgan fingerprint density at radius 3 is 1.71 bits per heavy atom. The van der Waals surface area contributed by atoms with E-state index in [2.05, 4.69) is 20.8 Å². The molecule has 0 unspecified atom stereocenters. The van der Waals surface area contributed by atoms with Gasteiger partial charge in [-0.05, 0) is 23.1 Å². The van der Waals surface area contributed by atoms with Crippen LogP contribution in [0.2, 0.25) is 0 Å². The van der Waals surface area contributed by atoms with Crippen LogP contribution in [0.3, 0.4) is 0 Å². The third-order valence-corrected chi connectivity index (χ3v) is 2.66. The summed E-state index contributed by atoms with van der Waals surface area (Å²) < 4.78 is 21.2. The Balaban J connectivity index is 0.00000169. The number of thiol groups is 1. The van der Waals surface area contributed by atoms with E-state index in [-0.39, 0.29) is 35.0 Å². The molecule has 0 saturated carbocycles. The van der Waals surface area contributed by atoms with Crippen LogP contribution in [0.5, 0.6) is 0 Å². The molecule has 0 bridgehead atoms. The molecule has 1 rings (SSSR count). The maximum atomic E-state index is 10.6. The second kappa shape index (κ2) is 5.31. The first-order valence-corrected chi connectivity index (χ1v) is 5.34. The van der Waals surface area contributed by atoms with Gasteiger partial charge < -0.3 is 0 Å². The van der Waals surface area contributed by atoms with Crippen molar-refractivity contribution in [3.8, 4) is 0 Å². The molecule has 0 radical (unpaired) electrons. The van der Waals surface area contributed by atoms with Crippen molar-refractivity contribution in [1.82, 2.24) is 0 Å². The zero-order chi connectivity index (χ0) is 10.1. The topological polar surface area (TPSA) is 34.1 Å². The van der Waals surface area contributed by atoms with Gasteiger partial charge in [-0.15, -0.1) is 0 Å². The van der Waals surface area contributed by atoms with Gasteiger partial charge in [-0.3, -0.25) is 0 Å². The third kappa shape index (κ3) is 3.73. The number of rotatable bonds is 1. The third-order valence-electron chi connectivity index (χ3n) is 1.94. The van der Waals surface area contributed by atoms with Crippen molar-refractivity contribution < 1.29 is 8.42 Å². The van der Waals surface area contributed by atoms with Gasteiger partial charge in [0.2, 0.25) is 0 Å². The minimum atomic E-state index is -2.44. The molecule has 0 fully saturated rings. The van der Waals surface area contributed by atoms with Crippen molar-refractivity contribution in [2.45, 2.75) is 31.1 Å². The number of hydrogen-bond acceptors (Lipinski definition) is 2. The quantitative estimate of drug-likeness (QED) is 0.574. The Bertz CT molecular complexity index is 353. The van der Waals surface area contributed by atoms with Crippen molar-refractivity contribution in [1.29, 1.82) is 0 Å². The van der Waals surface area contributed by atoms with Gasteiger partial charge in [-0.1, -0.05) is 32.9 Å². The van der Waals surface area contributed by atoms with Gasteiger partial charge in [-0.2, -0.15) is 0 Å². The fraction of sp³-hybridized carbons (Fsp3) is 0.400. The fourth-order valence-corrected chi connectivity index (χ4v) is 1.48. The van der Waals surface area contributed by atoms with Gasteiger partial charge >= 0.3 is 29.6 Å². The van der Waals surface area contributed by atoms with Crippen LogP contribution in [0.4, 0.5) is 0 Å². The van der Waals surface area contributed by atoms with E-state index in [9.17, 15) is 8.42 Å². The second-order valence-electron chi connectivity index (χ2n) is 4.05. The molecule has 0 aromatic heterocycles. The molecule has 14 heavy (non-hydrogen) atoms. The summed E-state index contributed by atoms with van der Waals surface area (Å²) in [5.41, 5.74) is 1.22. The first kappa shape index (κ1) is 14.2. The molecule has 1 aromatic carbocycles. The van der Waals surface area contributed by atoms with Crippen LogP contribution in [-0.4, -0.2) is 38.0 Å². The van der Waals surface area contributed by atoms with Crippen LogP contribution in [0.25, 0.3) is 0 Å². The summed E-state index contributed by atoms with van der Waals surface area (Å²) in [6, 6.07) is 7.01. The van der Waals surface area contributed by atoms with Crippen molar-refractivity contribution in [2.24, 2.45) is 0 Å². The Morgan fingerprint density at radius 2 is 1.43 bits per heavy atom. The molecule has 0 heterocycles. The summed E-state index contributed by atoms with van der Waals surface area (Å²) in [4.78, 5) is 0.378. The standard InChI is InChI=1S/C10H14O2S.Na.H/c1-10(2,3)8-4-6-9(7-5-8)13(11)12;;/h4-7,13H,1-3H3;;. The molecular formula is C10H15NaO2S. The Kier molecular flexibility index (Phi) is 5.37. The van der Waals surface area contributed by atoms with E-state index in [1.807, 2.05) is 12.1 Å². The van der Waals surface area contributed by atoms with Crippen LogP contribution in [-0.2, 0) is 16.1 Å². The van der Waals surface area contributed by atoms with E-state index in [1.54, 1.807) is 12.1 Å². The molecule has 0 aliphatic carbocycles. The first-order chi connectivity index (χ1) is 5.91. The van der Waals surface area contributed by atoms with Gasteiger partial charge in [-0.25, -0.2) is 8.42 Å². The summed E-state index contributed by atoms with van der Waals surface area (Å²) in [7, 11) is -2.44. The number of benzene rings is 1. The summed E-state index contributed by atoms with van der Waals surface area (Å²) in [6.45, 7) is 6.29. The Hall–Kier alpha value is 0.170. The molecule has 4 heteroatoms. The molecule has 1 aromatic rings. The molecule has 0 N–H and O–H groups in total. The van der Waals surface area contributed by atoms with Crippen LogP contribution >= 0.6 is 0 Å². The van der Waals surface area contributed by atoms with E-state index >= 15 is 0 Å². The first-order valence-electron chi connectivity index (χ1n) is 4.16. The average Bonchev–Trinajstić information content (AvgIpc) is 2.03. The fourth-order valence-electron chi connectivity index (χ4n) is 1.08. The van der Waals surface area contributed by atoms with Gasteiger partial charge in [0.1, 0.15) is 0 Å². The summed E-state index contributed by atoms with van der Waals surface area (Å²) in [5.74, 6) is 0. The predicted octanol–water partition coefficient (Wildman–Crippen LogP) is 1.31. The molecule has 0 spiro atoms. The van der Waals surface area contributed by atoms with Crippen molar-refractivity contribution in [2.75, 3.05) is 0 Å². The van der Waals surface area contributed by atoms with Crippen molar-refractivity contribution in [3.63, 3.8) is 0 Å². The van der Waals surface area contributed by atoms with Crippen molar-refractivity contribution >= 4 is 40.3 Å². The van der Waals surface area contributed by atoms with Crippen molar-refractivity contribution in [3.05, 3.63) is 29.8 Å². The molecular weight excluding hydrogens is 207 g/mol. The van der Waals surface area contributed by atoms with E-state index in [4.69, 9.17) is 0 Å². The molecule has 0 atom stereocenters. The van der Waals surface area contributed by atoms with Gasteiger partial charge in [0.15, 0.2) is 10.7 Å². The van der Waals surface area contributed by atoms with Gasteiger partial charge in [0.05, 0.1) is 4.90 Å². The Labute approximate surface area is 109 Å². The molecule has 74 valence electrons. The summed E-state index contributed by atoms with van der Waals surface area (Å²) >= 11 is 0. The number of hydrogen-bond donors (Lipinski definition) is 1. The van der Waals surface area contributed by atoms with Gasteiger partial charge in [0.25, 0.3) is 0 Å².